The van der Waals surface area contributed by atoms with Gasteiger partial charge in [-0.1, -0.05) is 25.0 Å². The van der Waals surface area contributed by atoms with Crippen LogP contribution in [0, 0.1) is 0 Å². The van der Waals surface area contributed by atoms with E-state index in [1.54, 1.807) is 31.2 Å². The Balaban J connectivity index is 1.59. The first-order valence-electron chi connectivity index (χ1n) is 9.06. The van der Waals surface area contributed by atoms with Crippen molar-refractivity contribution in [3.8, 4) is 5.75 Å². The van der Waals surface area contributed by atoms with Crippen molar-refractivity contribution in [2.24, 2.45) is 0 Å². The molecule has 1 saturated carbocycles. The van der Waals surface area contributed by atoms with E-state index in [0.29, 0.717) is 11.4 Å². The van der Waals surface area contributed by atoms with Crippen LogP contribution in [0.25, 0.3) is 0 Å². The number of nitrogens with zero attached hydrogens (tertiary/aromatic N) is 1. The lowest BCUT2D eigenvalue weighted by Gasteiger charge is -2.22. The molecule has 0 bridgehead atoms. The summed E-state index contributed by atoms with van der Waals surface area (Å²) in [5.41, 5.74) is 0.537. The molecular weight excluding hydrogens is 336 g/mol. The van der Waals surface area contributed by atoms with Gasteiger partial charge in [0.2, 0.25) is 5.91 Å². The molecule has 1 heterocycles. The predicted octanol–water partition coefficient (Wildman–Crippen LogP) is 1.79. The van der Waals surface area contributed by atoms with Crippen LogP contribution < -0.4 is 15.0 Å². The lowest BCUT2D eigenvalue weighted by atomic mass is 10.2. The smallest absolute Gasteiger partial charge is 0.326 e. The van der Waals surface area contributed by atoms with E-state index in [1.165, 1.54) is 4.90 Å². The minimum absolute atomic E-state index is 0.167. The Morgan fingerprint density at radius 1 is 1.31 bits per heavy atom. The van der Waals surface area contributed by atoms with Gasteiger partial charge in [-0.05, 0) is 31.9 Å². The maximum atomic E-state index is 12.3. The van der Waals surface area contributed by atoms with Gasteiger partial charge in [0.1, 0.15) is 12.3 Å². The number of carbonyl (C=O) groups is 3. The van der Waals surface area contributed by atoms with Gasteiger partial charge in [-0.3, -0.25) is 19.3 Å². The second-order valence-corrected chi connectivity index (χ2v) is 6.67. The Labute approximate surface area is 152 Å². The van der Waals surface area contributed by atoms with Crippen molar-refractivity contribution < 1.29 is 23.9 Å². The van der Waals surface area contributed by atoms with Gasteiger partial charge in [-0.15, -0.1) is 0 Å². The molecule has 1 atom stereocenters. The number of hydrogen-bond donors (Lipinski definition) is 1. The highest BCUT2D eigenvalue weighted by atomic mass is 16.5. The van der Waals surface area contributed by atoms with Crippen LogP contribution in [0.4, 0.5) is 5.69 Å². The number of benzene rings is 1. The molecule has 1 aromatic rings. The highest BCUT2D eigenvalue weighted by molar-refractivity contribution is 5.99. The summed E-state index contributed by atoms with van der Waals surface area (Å²) in [5.74, 6) is -0.576. The molecule has 1 N–H and O–H groups in total. The molecule has 1 aliphatic heterocycles. The minimum Gasteiger partial charge on any atom is -0.491 e. The molecule has 2 aliphatic rings. The average molecular weight is 360 g/mol. The van der Waals surface area contributed by atoms with Crippen LogP contribution in [0.2, 0.25) is 0 Å². The van der Waals surface area contributed by atoms with Gasteiger partial charge in [0.25, 0.3) is 5.91 Å². The molecule has 1 aromatic carbocycles. The van der Waals surface area contributed by atoms with Crippen molar-refractivity contribution in [2.45, 2.75) is 51.2 Å². The third kappa shape index (κ3) is 4.33. The van der Waals surface area contributed by atoms with E-state index in [9.17, 15) is 14.4 Å². The van der Waals surface area contributed by atoms with Crippen LogP contribution in [0.3, 0.4) is 0 Å². The quantitative estimate of drug-likeness (QED) is 0.809. The topological polar surface area (TPSA) is 84.9 Å². The molecule has 7 nitrogen and oxygen atoms in total. The van der Waals surface area contributed by atoms with Gasteiger partial charge in [0.15, 0.2) is 6.10 Å². The maximum Gasteiger partial charge on any atom is 0.326 e. The van der Waals surface area contributed by atoms with Crippen LogP contribution >= 0.6 is 0 Å². The first-order chi connectivity index (χ1) is 12.5. The number of esters is 1. The summed E-state index contributed by atoms with van der Waals surface area (Å²) in [7, 11) is 0. The normalized spacial score (nSPS) is 18.5. The number of amides is 2. The minimum atomic E-state index is -0.892. The fourth-order valence-corrected chi connectivity index (χ4v) is 3.30. The fourth-order valence-electron chi connectivity index (χ4n) is 3.30. The van der Waals surface area contributed by atoms with E-state index in [2.05, 4.69) is 5.32 Å². The molecule has 0 spiro atoms. The van der Waals surface area contributed by atoms with Gasteiger partial charge in [-0.2, -0.15) is 0 Å². The second-order valence-electron chi connectivity index (χ2n) is 6.67. The van der Waals surface area contributed by atoms with E-state index < -0.39 is 12.1 Å². The van der Waals surface area contributed by atoms with Crippen LogP contribution in [0.1, 0.15) is 39.0 Å². The van der Waals surface area contributed by atoms with Crippen LogP contribution in [-0.2, 0) is 19.1 Å². The Hall–Kier alpha value is -2.57. The van der Waals surface area contributed by atoms with Crippen molar-refractivity contribution in [3.05, 3.63) is 24.3 Å². The first-order valence-corrected chi connectivity index (χ1v) is 9.06. The summed E-state index contributed by atoms with van der Waals surface area (Å²) >= 11 is 0. The van der Waals surface area contributed by atoms with E-state index in [-0.39, 0.29) is 37.4 Å². The largest absolute Gasteiger partial charge is 0.491 e. The number of nitrogens with one attached hydrogen (secondary N) is 1. The first kappa shape index (κ1) is 18.2. The van der Waals surface area contributed by atoms with Crippen molar-refractivity contribution >= 4 is 23.5 Å². The molecule has 0 saturated heterocycles. The van der Waals surface area contributed by atoms with Gasteiger partial charge in [0.05, 0.1) is 18.7 Å². The molecule has 1 fully saturated rings. The number of rotatable bonds is 5. The van der Waals surface area contributed by atoms with Gasteiger partial charge >= 0.3 is 5.97 Å². The highest BCUT2D eigenvalue weighted by Crippen LogP contribution is 2.30. The lowest BCUT2D eigenvalue weighted by Crippen LogP contribution is -2.43. The fraction of sp³-hybridized carbons (Fsp3) is 0.526. The molecule has 0 aromatic heterocycles. The van der Waals surface area contributed by atoms with E-state index in [4.69, 9.17) is 9.47 Å². The third-order valence-corrected chi connectivity index (χ3v) is 4.70. The lowest BCUT2D eigenvalue weighted by molar-refractivity contribution is -0.154. The summed E-state index contributed by atoms with van der Waals surface area (Å²) in [6, 6.07) is 7.23. The predicted molar refractivity (Wildman–Crippen MR) is 94.9 cm³/mol. The van der Waals surface area contributed by atoms with E-state index in [0.717, 1.165) is 25.7 Å². The number of ether oxygens (including phenoxy) is 2. The van der Waals surface area contributed by atoms with Gasteiger partial charge in [-0.25, -0.2) is 0 Å². The monoisotopic (exact) mass is 360 g/mol. The van der Waals surface area contributed by atoms with Crippen molar-refractivity contribution in [2.75, 3.05) is 18.1 Å². The molecule has 2 amide bonds. The van der Waals surface area contributed by atoms with Crippen LogP contribution in [0.5, 0.6) is 5.75 Å². The molecule has 0 radical (unpaired) electrons. The van der Waals surface area contributed by atoms with Crippen molar-refractivity contribution in [1.82, 2.24) is 5.32 Å². The van der Waals surface area contributed by atoms with E-state index in [1.807, 2.05) is 0 Å². The summed E-state index contributed by atoms with van der Waals surface area (Å²) < 4.78 is 10.8. The Kier molecular flexibility index (Phi) is 5.75. The average Bonchev–Trinajstić information content (AvgIpc) is 3.07. The molecule has 0 unspecified atom stereocenters. The van der Waals surface area contributed by atoms with Crippen LogP contribution in [-0.4, -0.2) is 43.1 Å². The summed E-state index contributed by atoms with van der Waals surface area (Å²) in [6.45, 7) is 1.56. The highest BCUT2D eigenvalue weighted by Gasteiger charge is 2.28. The third-order valence-electron chi connectivity index (χ3n) is 4.70. The second kappa shape index (κ2) is 8.21. The summed E-state index contributed by atoms with van der Waals surface area (Å²) in [6.07, 6.45) is 3.43. The molecule has 140 valence electrons. The van der Waals surface area contributed by atoms with Gasteiger partial charge in [0, 0.05) is 6.04 Å². The Bertz CT molecular complexity index is 684. The zero-order valence-corrected chi connectivity index (χ0v) is 14.9. The Morgan fingerprint density at radius 3 is 2.81 bits per heavy atom. The molecule has 26 heavy (non-hydrogen) atoms. The van der Waals surface area contributed by atoms with E-state index >= 15 is 0 Å². The number of anilines is 1. The zero-order chi connectivity index (χ0) is 18.5. The number of carbonyl (C=O) groups excluding carboxylic acids is 3. The number of para-hydroxylation sites is 2. The Morgan fingerprint density at radius 2 is 2.04 bits per heavy atom. The number of hydrogen-bond acceptors (Lipinski definition) is 5. The van der Waals surface area contributed by atoms with Gasteiger partial charge < -0.3 is 14.8 Å². The number of fused-ring (bicyclic) bond motifs is 1. The summed E-state index contributed by atoms with van der Waals surface area (Å²) in [4.78, 5) is 38.1. The molecule has 7 heteroatoms. The van der Waals surface area contributed by atoms with Crippen molar-refractivity contribution in [1.29, 1.82) is 0 Å². The SMILES string of the molecule is C[C@@H](OC(=O)CN1C(=O)CCOc2ccccc21)C(=O)NC1CCCC1. The standard InChI is InChI=1S/C19H24N2O5/c1-13(19(24)20-14-6-2-3-7-14)26-18(23)12-21-15-8-4-5-9-16(15)25-11-10-17(21)22/h4-5,8-9,13-14H,2-3,6-7,10-12H2,1H3,(H,20,24)/t13-/m1/s1. The molecular formula is C19H24N2O5. The summed E-state index contributed by atoms with van der Waals surface area (Å²) in [5, 5.41) is 2.91. The molecule has 3 rings (SSSR count). The van der Waals surface area contributed by atoms with Crippen LogP contribution in [0.15, 0.2) is 24.3 Å². The zero-order valence-electron chi connectivity index (χ0n) is 14.9. The van der Waals surface area contributed by atoms with Crippen molar-refractivity contribution in [3.63, 3.8) is 0 Å². The maximum absolute atomic E-state index is 12.3. The molecule has 1 aliphatic carbocycles.